The molecule has 1 unspecified atom stereocenters. The quantitative estimate of drug-likeness (QED) is 0.379. The van der Waals surface area contributed by atoms with Crippen LogP contribution in [0.1, 0.15) is 38.8 Å². The van der Waals surface area contributed by atoms with E-state index in [2.05, 4.69) is 26.0 Å². The molecule has 1 aromatic rings. The van der Waals surface area contributed by atoms with Gasteiger partial charge in [0.05, 0.1) is 25.6 Å². The fourth-order valence-corrected chi connectivity index (χ4v) is 9.15. The predicted octanol–water partition coefficient (Wildman–Crippen LogP) is 6.26. The molecule has 1 N–H and O–H groups in total. The zero-order valence-corrected chi connectivity index (χ0v) is 21.8. The van der Waals surface area contributed by atoms with Gasteiger partial charge < -0.3 is 14.2 Å². The van der Waals surface area contributed by atoms with Crippen LogP contribution < -0.4 is 0 Å². The lowest BCUT2D eigenvalue weighted by molar-refractivity contribution is 0.0672. The molecule has 1 aromatic carbocycles. The molecule has 1 heterocycles. The van der Waals surface area contributed by atoms with Gasteiger partial charge in [0, 0.05) is 16.6 Å². The van der Waals surface area contributed by atoms with Crippen LogP contribution in [-0.2, 0) is 48.7 Å². The highest BCUT2D eigenvalue weighted by Crippen LogP contribution is 2.65. The molecule has 2 rings (SSSR count). The molecule has 0 aliphatic carbocycles. The van der Waals surface area contributed by atoms with Crippen molar-refractivity contribution in [2.45, 2.75) is 39.2 Å². The number of benzene rings is 1. The van der Waals surface area contributed by atoms with Gasteiger partial charge in [0.1, 0.15) is 18.0 Å². The molecular formula is C18H29O4P2S4+. The molecule has 0 saturated carbocycles. The Balaban J connectivity index is 1.87. The maximum absolute atomic E-state index is 9.33. The largest absolute Gasteiger partial charge is 0.414 e. The van der Waals surface area contributed by atoms with Crippen LogP contribution in [0.2, 0.25) is 0 Å². The second kappa shape index (κ2) is 11.0. The van der Waals surface area contributed by atoms with Gasteiger partial charge in [0.2, 0.25) is 17.5 Å². The molecule has 1 atom stereocenters. The third-order valence-corrected chi connectivity index (χ3v) is 12.8. The fraction of sp³-hybridized carbons (Fsp3) is 0.667. The normalized spacial score (nSPS) is 19.4. The van der Waals surface area contributed by atoms with Crippen molar-refractivity contribution < 1.29 is 18.7 Å². The highest BCUT2D eigenvalue weighted by Gasteiger charge is 2.33. The lowest BCUT2D eigenvalue weighted by Crippen LogP contribution is -2.28. The minimum absolute atomic E-state index is 0.0304. The van der Waals surface area contributed by atoms with Gasteiger partial charge in [-0.05, 0) is 22.9 Å². The molecule has 0 bridgehead atoms. The monoisotopic (exact) mass is 499 g/mol. The molecule has 0 amide bonds. The molecule has 1 aliphatic rings. The van der Waals surface area contributed by atoms with Crippen LogP contribution in [-0.4, -0.2) is 31.5 Å². The third-order valence-electron chi connectivity index (χ3n) is 4.04. The molecule has 1 fully saturated rings. The Bertz CT molecular complexity index is 713. The smallest absolute Gasteiger partial charge is 0.396 e. The summed E-state index contributed by atoms with van der Waals surface area (Å²) in [5.41, 5.74) is -0.0312. The summed E-state index contributed by atoms with van der Waals surface area (Å²) in [6.45, 7) is 10.0. The van der Waals surface area contributed by atoms with Crippen LogP contribution in [0.15, 0.2) is 24.3 Å². The lowest BCUT2D eigenvalue weighted by Gasteiger charge is -2.35. The molecule has 0 radical (unpaired) electrons. The topological polar surface area (TPSA) is 47.9 Å². The van der Waals surface area contributed by atoms with Crippen molar-refractivity contribution in [3.8, 4) is 0 Å². The van der Waals surface area contributed by atoms with E-state index in [0.717, 1.165) is 11.5 Å². The van der Waals surface area contributed by atoms with E-state index < -0.39 is 11.8 Å². The summed E-state index contributed by atoms with van der Waals surface area (Å²) in [7, 11) is 0. The van der Waals surface area contributed by atoms with Gasteiger partial charge in [-0.2, -0.15) is 4.52 Å². The van der Waals surface area contributed by atoms with Gasteiger partial charge >= 0.3 is 6.13 Å². The van der Waals surface area contributed by atoms with Crippen molar-refractivity contribution in [2.24, 2.45) is 10.8 Å². The summed E-state index contributed by atoms with van der Waals surface area (Å²) >= 11 is 14.4. The first kappa shape index (κ1) is 25.2. The van der Waals surface area contributed by atoms with Gasteiger partial charge in [-0.15, -0.1) is 0 Å². The zero-order valence-electron chi connectivity index (χ0n) is 16.8. The molecule has 0 aromatic heterocycles. The summed E-state index contributed by atoms with van der Waals surface area (Å²) in [5, 5.41) is 9.33. The minimum Gasteiger partial charge on any atom is -0.396 e. The third kappa shape index (κ3) is 8.58. The molecule has 1 saturated heterocycles. The molecule has 4 nitrogen and oxygen atoms in total. The van der Waals surface area contributed by atoms with E-state index in [1.807, 2.05) is 26.0 Å². The van der Waals surface area contributed by atoms with E-state index in [4.69, 9.17) is 37.2 Å². The first-order valence-electron chi connectivity index (χ1n) is 8.99. The van der Waals surface area contributed by atoms with Crippen LogP contribution in [0.4, 0.5) is 0 Å². The van der Waals surface area contributed by atoms with E-state index in [1.54, 1.807) is 22.8 Å². The highest BCUT2D eigenvalue weighted by atomic mass is 32.9. The SMILES string of the molecule is CC(C)(CO)CO[P+](=S)SCc1ccccc1CSP1(=S)OCC(C)(C)CO1. The lowest BCUT2D eigenvalue weighted by atomic mass is 9.97. The predicted molar refractivity (Wildman–Crippen MR) is 130 cm³/mol. The van der Waals surface area contributed by atoms with Gasteiger partial charge in [0.25, 0.3) is 0 Å². The zero-order chi connectivity index (χ0) is 20.8. The Hall–Kier alpha value is 0.930. The second-order valence-corrected chi connectivity index (χ2v) is 19.3. The molecular weight excluding hydrogens is 470 g/mol. The summed E-state index contributed by atoms with van der Waals surface area (Å²) in [6, 6.07) is 8.33. The van der Waals surface area contributed by atoms with Gasteiger partial charge in [-0.25, -0.2) is 0 Å². The number of aliphatic hydroxyl groups excluding tert-OH is 1. The first-order valence-corrected chi connectivity index (χ1v) is 17.1. The Morgan fingerprint density at radius 1 is 1.21 bits per heavy atom. The van der Waals surface area contributed by atoms with E-state index in [1.165, 1.54) is 11.1 Å². The molecule has 10 heteroatoms. The summed E-state index contributed by atoms with van der Waals surface area (Å²) < 4.78 is 17.6. The average molecular weight is 500 g/mol. The van der Waals surface area contributed by atoms with E-state index >= 15 is 0 Å². The number of hydrogen-bond donors (Lipinski definition) is 1. The van der Waals surface area contributed by atoms with Crippen molar-refractivity contribution in [2.75, 3.05) is 26.4 Å². The summed E-state index contributed by atoms with van der Waals surface area (Å²) in [6.07, 6.45) is -1.01. The van der Waals surface area contributed by atoms with Gasteiger partial charge in [-0.3, -0.25) is 0 Å². The Morgan fingerprint density at radius 2 is 1.79 bits per heavy atom. The molecule has 0 spiro atoms. The van der Waals surface area contributed by atoms with Crippen LogP contribution in [0.25, 0.3) is 0 Å². The maximum Gasteiger partial charge on any atom is 0.414 e. The minimum atomic E-state index is -2.27. The number of hydrogen-bond acceptors (Lipinski definition) is 8. The molecule has 158 valence electrons. The summed E-state index contributed by atoms with van der Waals surface area (Å²) in [5.74, 6) is 1.56. The van der Waals surface area contributed by atoms with E-state index in [0.29, 0.717) is 19.8 Å². The van der Waals surface area contributed by atoms with Crippen molar-refractivity contribution in [1.82, 2.24) is 0 Å². The van der Waals surface area contributed by atoms with Crippen molar-refractivity contribution >= 4 is 58.2 Å². The van der Waals surface area contributed by atoms with Crippen LogP contribution >= 0.6 is 34.6 Å². The molecule has 28 heavy (non-hydrogen) atoms. The summed E-state index contributed by atoms with van der Waals surface area (Å²) in [4.78, 5) is 0. The number of rotatable bonds is 10. The Labute approximate surface area is 188 Å². The standard InChI is InChI=1S/C18H29O4P2S4/c1-17(2,11-19)12-20-23(25)27-9-15-7-5-6-8-16(15)10-28-24(26)21-13-18(3,4)14-22-24/h5-8,19H,9-14H2,1-4H3/q+1. The van der Waals surface area contributed by atoms with Crippen LogP contribution in [0.5, 0.6) is 0 Å². The van der Waals surface area contributed by atoms with Gasteiger partial charge in [0.15, 0.2) is 0 Å². The van der Waals surface area contributed by atoms with Crippen LogP contribution in [0, 0.1) is 10.8 Å². The Kier molecular flexibility index (Phi) is 9.89. The van der Waals surface area contributed by atoms with Crippen molar-refractivity contribution in [3.05, 3.63) is 35.4 Å². The fourth-order valence-electron chi connectivity index (χ4n) is 2.08. The average Bonchev–Trinajstić information content (AvgIpc) is 2.67. The Morgan fingerprint density at radius 3 is 2.36 bits per heavy atom. The van der Waals surface area contributed by atoms with Crippen molar-refractivity contribution in [1.29, 1.82) is 0 Å². The van der Waals surface area contributed by atoms with Crippen LogP contribution in [0.3, 0.4) is 0 Å². The van der Waals surface area contributed by atoms with E-state index in [9.17, 15) is 5.11 Å². The molecule has 1 aliphatic heterocycles. The first-order chi connectivity index (χ1) is 13.0. The van der Waals surface area contributed by atoms with E-state index in [-0.39, 0.29) is 17.4 Å². The van der Waals surface area contributed by atoms with Crippen molar-refractivity contribution in [3.63, 3.8) is 0 Å². The number of aliphatic hydroxyl groups is 1. The second-order valence-electron chi connectivity index (χ2n) is 8.29. The maximum atomic E-state index is 9.33. The highest BCUT2D eigenvalue weighted by molar-refractivity contribution is 8.67. The van der Waals surface area contributed by atoms with Gasteiger partial charge in [-0.1, -0.05) is 63.3 Å².